The molecule has 15 heavy (non-hydrogen) atoms. The van der Waals surface area contributed by atoms with E-state index in [-0.39, 0.29) is 11.3 Å². The molecule has 0 saturated heterocycles. The lowest BCUT2D eigenvalue weighted by atomic mass is 9.87. The topological polar surface area (TPSA) is 92.4 Å². The van der Waals surface area contributed by atoms with Gasteiger partial charge in [-0.2, -0.15) is 0 Å². The highest BCUT2D eigenvalue weighted by atomic mass is 16.4. The lowest BCUT2D eigenvalue weighted by molar-refractivity contribution is -0.143. The Morgan fingerprint density at radius 1 is 1.40 bits per heavy atom. The number of hydrogen-bond acceptors (Lipinski definition) is 3. The summed E-state index contributed by atoms with van der Waals surface area (Å²) in [7, 11) is 0. The smallest absolute Gasteiger partial charge is 0.329 e. The van der Waals surface area contributed by atoms with Crippen LogP contribution in [0.3, 0.4) is 0 Å². The van der Waals surface area contributed by atoms with Crippen molar-refractivity contribution < 1.29 is 14.7 Å². The standard InChI is InChI=1S/C10H18N2O3/c1-9(2,3)6(11)7(13)12-10(4-5-10)8(14)15/h6H,4-5,11H2,1-3H3,(H,12,13)(H,14,15)/t6-/m0/s1. The summed E-state index contributed by atoms with van der Waals surface area (Å²) < 4.78 is 0. The fourth-order valence-corrected chi connectivity index (χ4v) is 1.22. The van der Waals surface area contributed by atoms with E-state index in [1.54, 1.807) is 0 Å². The largest absolute Gasteiger partial charge is 0.480 e. The van der Waals surface area contributed by atoms with E-state index < -0.39 is 17.6 Å². The molecule has 1 amide bonds. The fraction of sp³-hybridized carbons (Fsp3) is 0.800. The van der Waals surface area contributed by atoms with E-state index in [4.69, 9.17) is 10.8 Å². The first-order valence-corrected chi connectivity index (χ1v) is 5.00. The van der Waals surface area contributed by atoms with Crippen molar-refractivity contribution in [2.24, 2.45) is 11.1 Å². The van der Waals surface area contributed by atoms with Crippen molar-refractivity contribution in [3.63, 3.8) is 0 Å². The van der Waals surface area contributed by atoms with Gasteiger partial charge in [-0.15, -0.1) is 0 Å². The second-order valence-electron chi connectivity index (χ2n) is 5.22. The Morgan fingerprint density at radius 2 is 1.87 bits per heavy atom. The zero-order valence-corrected chi connectivity index (χ0v) is 9.33. The summed E-state index contributed by atoms with van der Waals surface area (Å²) >= 11 is 0. The SMILES string of the molecule is CC(C)(C)[C@@H](N)C(=O)NC1(C(=O)O)CC1. The van der Waals surface area contributed by atoms with Crippen LogP contribution < -0.4 is 11.1 Å². The van der Waals surface area contributed by atoms with E-state index >= 15 is 0 Å². The van der Waals surface area contributed by atoms with Gasteiger partial charge in [0.25, 0.3) is 0 Å². The monoisotopic (exact) mass is 214 g/mol. The highest BCUT2D eigenvalue weighted by Crippen LogP contribution is 2.35. The maximum Gasteiger partial charge on any atom is 0.329 e. The van der Waals surface area contributed by atoms with E-state index in [1.165, 1.54) is 0 Å². The fourth-order valence-electron chi connectivity index (χ4n) is 1.22. The van der Waals surface area contributed by atoms with E-state index in [2.05, 4.69) is 5.32 Å². The average Bonchev–Trinajstić information content (AvgIpc) is 2.82. The number of carbonyl (C=O) groups excluding carboxylic acids is 1. The first-order valence-electron chi connectivity index (χ1n) is 5.00. The number of carboxylic acids is 1. The number of hydrogen-bond donors (Lipinski definition) is 3. The van der Waals surface area contributed by atoms with Crippen LogP contribution >= 0.6 is 0 Å². The summed E-state index contributed by atoms with van der Waals surface area (Å²) in [6.07, 6.45) is 0.982. The molecule has 0 aromatic rings. The van der Waals surface area contributed by atoms with Gasteiger partial charge in [0.2, 0.25) is 5.91 Å². The Balaban J connectivity index is 2.61. The van der Waals surface area contributed by atoms with Crippen molar-refractivity contribution in [3.05, 3.63) is 0 Å². The molecule has 4 N–H and O–H groups in total. The minimum Gasteiger partial charge on any atom is -0.480 e. The number of nitrogens with two attached hydrogens (primary N) is 1. The summed E-state index contributed by atoms with van der Waals surface area (Å²) in [6.45, 7) is 5.53. The maximum atomic E-state index is 11.7. The van der Waals surface area contributed by atoms with Crippen molar-refractivity contribution in [2.75, 3.05) is 0 Å². The summed E-state index contributed by atoms with van der Waals surface area (Å²) in [4.78, 5) is 22.5. The van der Waals surface area contributed by atoms with Gasteiger partial charge in [-0.3, -0.25) is 4.79 Å². The number of carbonyl (C=O) groups is 2. The van der Waals surface area contributed by atoms with Gasteiger partial charge < -0.3 is 16.2 Å². The average molecular weight is 214 g/mol. The molecule has 0 aromatic heterocycles. The van der Waals surface area contributed by atoms with Gasteiger partial charge in [-0.1, -0.05) is 20.8 Å². The molecule has 5 heteroatoms. The van der Waals surface area contributed by atoms with Crippen molar-refractivity contribution >= 4 is 11.9 Å². The van der Waals surface area contributed by atoms with Crippen LogP contribution in [0.1, 0.15) is 33.6 Å². The van der Waals surface area contributed by atoms with Crippen molar-refractivity contribution in [1.82, 2.24) is 5.32 Å². The summed E-state index contributed by atoms with van der Waals surface area (Å²) in [6, 6.07) is -0.686. The molecule has 1 aliphatic rings. The predicted molar refractivity (Wildman–Crippen MR) is 55.2 cm³/mol. The van der Waals surface area contributed by atoms with Crippen LogP contribution in [0.4, 0.5) is 0 Å². The lowest BCUT2D eigenvalue weighted by Crippen LogP contribution is -2.54. The van der Waals surface area contributed by atoms with E-state index in [9.17, 15) is 9.59 Å². The van der Waals surface area contributed by atoms with E-state index in [1.807, 2.05) is 20.8 Å². The molecule has 5 nitrogen and oxygen atoms in total. The Labute approximate surface area is 89.0 Å². The molecule has 1 saturated carbocycles. The van der Waals surface area contributed by atoms with Crippen LogP contribution in [0.5, 0.6) is 0 Å². The molecule has 0 bridgehead atoms. The van der Waals surface area contributed by atoms with Gasteiger partial charge in [0.1, 0.15) is 5.54 Å². The van der Waals surface area contributed by atoms with Gasteiger partial charge in [-0.25, -0.2) is 4.79 Å². The predicted octanol–water partition coefficient (Wildman–Crippen LogP) is 0.0932. The minimum atomic E-state index is -1.04. The second-order valence-corrected chi connectivity index (χ2v) is 5.22. The van der Waals surface area contributed by atoms with Gasteiger partial charge in [-0.05, 0) is 18.3 Å². The summed E-state index contributed by atoms with van der Waals surface area (Å²) in [5, 5.41) is 11.4. The Morgan fingerprint density at radius 3 is 2.13 bits per heavy atom. The minimum absolute atomic E-state index is 0.362. The van der Waals surface area contributed by atoms with Crippen LogP contribution in [0, 0.1) is 5.41 Å². The molecule has 0 heterocycles. The molecular weight excluding hydrogens is 196 g/mol. The number of amides is 1. The molecule has 1 rings (SSSR count). The second kappa shape index (κ2) is 3.48. The number of aliphatic carboxylic acids is 1. The van der Waals surface area contributed by atoms with E-state index in [0.717, 1.165) is 0 Å². The zero-order valence-electron chi connectivity index (χ0n) is 9.33. The Kier molecular flexibility index (Phi) is 2.78. The first kappa shape index (κ1) is 12.0. The zero-order chi connectivity index (χ0) is 11.9. The van der Waals surface area contributed by atoms with Gasteiger partial charge in [0.15, 0.2) is 0 Å². The third kappa shape index (κ3) is 2.47. The number of nitrogens with one attached hydrogen (secondary N) is 1. The van der Waals surface area contributed by atoms with Crippen LogP contribution in [0.2, 0.25) is 0 Å². The molecule has 0 spiro atoms. The van der Waals surface area contributed by atoms with Crippen LogP contribution in [-0.4, -0.2) is 28.6 Å². The molecule has 0 unspecified atom stereocenters. The van der Waals surface area contributed by atoms with Gasteiger partial charge >= 0.3 is 5.97 Å². The number of carboxylic acid groups (broad SMARTS) is 1. The van der Waals surface area contributed by atoms with Gasteiger partial charge in [0, 0.05) is 0 Å². The first-order chi connectivity index (χ1) is 6.69. The van der Waals surface area contributed by atoms with Crippen molar-refractivity contribution in [1.29, 1.82) is 0 Å². The third-order valence-corrected chi connectivity index (χ3v) is 2.74. The van der Waals surface area contributed by atoms with Crippen LogP contribution in [-0.2, 0) is 9.59 Å². The maximum absolute atomic E-state index is 11.7. The Bertz CT molecular complexity index is 290. The van der Waals surface area contributed by atoms with E-state index in [0.29, 0.717) is 12.8 Å². The summed E-state index contributed by atoms with van der Waals surface area (Å²) in [5.41, 5.74) is 4.32. The molecular formula is C10H18N2O3. The molecule has 0 radical (unpaired) electrons. The quantitative estimate of drug-likeness (QED) is 0.621. The van der Waals surface area contributed by atoms with Crippen molar-refractivity contribution in [2.45, 2.75) is 45.2 Å². The molecule has 1 atom stereocenters. The summed E-state index contributed by atoms with van der Waals surface area (Å²) in [5.74, 6) is -1.36. The molecule has 86 valence electrons. The van der Waals surface area contributed by atoms with Crippen LogP contribution in [0.15, 0.2) is 0 Å². The van der Waals surface area contributed by atoms with Crippen molar-refractivity contribution in [3.8, 4) is 0 Å². The molecule has 1 aliphatic carbocycles. The normalized spacial score (nSPS) is 20.5. The molecule has 0 aromatic carbocycles. The van der Waals surface area contributed by atoms with Gasteiger partial charge in [0.05, 0.1) is 6.04 Å². The molecule has 0 aliphatic heterocycles. The molecule has 1 fully saturated rings. The number of rotatable bonds is 3. The van der Waals surface area contributed by atoms with Crippen LogP contribution in [0.25, 0.3) is 0 Å². The third-order valence-electron chi connectivity index (χ3n) is 2.74. The highest BCUT2D eigenvalue weighted by Gasteiger charge is 2.52. The highest BCUT2D eigenvalue weighted by molar-refractivity contribution is 5.91. The Hall–Kier alpha value is -1.10. The lowest BCUT2D eigenvalue weighted by Gasteiger charge is -2.27.